The lowest BCUT2D eigenvalue weighted by Gasteiger charge is -2.25. The van der Waals surface area contributed by atoms with Crippen LogP contribution in [0.5, 0.6) is 0 Å². The number of nitrogens with one attached hydrogen (secondary N) is 1. The molecular weight excluding hydrogens is 1070 g/mol. The van der Waals surface area contributed by atoms with Crippen molar-refractivity contribution in [2.24, 2.45) is 0 Å². The summed E-state index contributed by atoms with van der Waals surface area (Å²) in [4.78, 5) is 23.4. The minimum Gasteiger partial charge on any atom is -0.387 e. The largest absolute Gasteiger partial charge is 0.472 e. The van der Waals surface area contributed by atoms with Crippen LogP contribution in [0.1, 0.15) is 406 Å². The number of hydrogen-bond donors (Lipinski definition) is 3. The molecule has 3 atom stereocenters. The van der Waals surface area contributed by atoms with Gasteiger partial charge in [0, 0.05) is 6.42 Å². The lowest BCUT2D eigenvalue weighted by atomic mass is 10.0. The standard InChI is InChI=1S/C76H151N2O6P/c1-6-8-10-12-14-16-18-20-22-24-26-28-30-32-33-34-35-36-37-38-39-40-41-42-43-44-45-46-48-50-52-54-56-58-60-62-64-66-68-70-76(80)77-74(73-84-85(81,82)83-72-71-78(3,4)5)75(79)69-67-65-63-61-59-57-55-53-51-49-47-31-29-27-25-23-21-19-17-15-13-11-9-7-2/h59,61,67,69,74-75,79H,6-58,60,62-66,68,70-73H2,1-5H3,(H-,77,80,81,82)/p+1/b61-59+,69-67+. The van der Waals surface area contributed by atoms with E-state index in [1.807, 2.05) is 27.2 Å². The van der Waals surface area contributed by atoms with Gasteiger partial charge in [-0.15, -0.1) is 0 Å². The molecule has 0 aromatic rings. The molecule has 3 N–H and O–H groups in total. The number of carbonyl (C=O) groups excluding carboxylic acids is 1. The minimum atomic E-state index is -4.36. The molecule has 1 amide bonds. The molecule has 0 aromatic carbocycles. The summed E-state index contributed by atoms with van der Waals surface area (Å²) in [5, 5.41) is 14.0. The van der Waals surface area contributed by atoms with Crippen LogP contribution in [0.4, 0.5) is 0 Å². The Morgan fingerprint density at radius 1 is 0.388 bits per heavy atom. The number of likely N-dealkylation sites (N-methyl/N-ethyl adjacent to an activating group) is 1. The summed E-state index contributed by atoms with van der Waals surface area (Å²) in [6, 6.07) is -0.862. The Balaban J connectivity index is 3.93. The van der Waals surface area contributed by atoms with Crippen molar-refractivity contribution >= 4 is 13.7 Å². The van der Waals surface area contributed by atoms with Gasteiger partial charge < -0.3 is 19.8 Å². The number of carbonyl (C=O) groups is 1. The predicted octanol–water partition coefficient (Wildman–Crippen LogP) is 24.6. The highest BCUT2D eigenvalue weighted by Gasteiger charge is 2.28. The maximum atomic E-state index is 13.1. The summed E-state index contributed by atoms with van der Waals surface area (Å²) in [7, 11) is 1.58. The van der Waals surface area contributed by atoms with Crippen molar-refractivity contribution in [1.82, 2.24) is 5.32 Å². The van der Waals surface area contributed by atoms with Gasteiger partial charge in [-0.3, -0.25) is 13.8 Å². The van der Waals surface area contributed by atoms with E-state index in [0.717, 1.165) is 38.5 Å². The maximum absolute atomic E-state index is 13.1. The first kappa shape index (κ1) is 84.0. The molecule has 0 aromatic heterocycles. The Morgan fingerprint density at radius 2 is 0.647 bits per heavy atom. The third-order valence-electron chi connectivity index (χ3n) is 17.9. The number of hydrogen-bond acceptors (Lipinski definition) is 5. The highest BCUT2D eigenvalue weighted by molar-refractivity contribution is 7.47. The van der Waals surface area contributed by atoms with Gasteiger partial charge in [0.1, 0.15) is 13.2 Å². The molecule has 0 heterocycles. The first-order chi connectivity index (χ1) is 41.5. The second-order valence-electron chi connectivity index (χ2n) is 27.7. The van der Waals surface area contributed by atoms with E-state index in [4.69, 9.17) is 9.05 Å². The van der Waals surface area contributed by atoms with Gasteiger partial charge in [0.2, 0.25) is 5.91 Å². The number of amides is 1. The molecule has 0 spiro atoms. The van der Waals surface area contributed by atoms with Crippen molar-refractivity contribution < 1.29 is 32.9 Å². The van der Waals surface area contributed by atoms with Crippen molar-refractivity contribution in [2.45, 2.75) is 418 Å². The lowest BCUT2D eigenvalue weighted by Crippen LogP contribution is -2.45. The van der Waals surface area contributed by atoms with Gasteiger partial charge in [0.05, 0.1) is 39.9 Å². The molecule has 0 aliphatic heterocycles. The van der Waals surface area contributed by atoms with Crippen LogP contribution in [0, 0.1) is 0 Å². The van der Waals surface area contributed by atoms with Gasteiger partial charge in [0.15, 0.2) is 0 Å². The Hall–Kier alpha value is -1.02. The molecule has 0 bridgehead atoms. The predicted molar refractivity (Wildman–Crippen MR) is 374 cm³/mol. The fraction of sp³-hybridized carbons (Fsp3) is 0.934. The second-order valence-corrected chi connectivity index (χ2v) is 29.2. The Morgan fingerprint density at radius 3 is 0.941 bits per heavy atom. The number of rotatable bonds is 72. The first-order valence-electron chi connectivity index (χ1n) is 38.2. The normalized spacial score (nSPS) is 13.6. The summed E-state index contributed by atoms with van der Waals surface area (Å²) < 4.78 is 23.8. The molecule has 9 heteroatoms. The van der Waals surface area contributed by atoms with Crippen LogP contribution in [-0.2, 0) is 18.4 Å². The fourth-order valence-corrected chi connectivity index (χ4v) is 12.7. The van der Waals surface area contributed by atoms with E-state index in [-0.39, 0.29) is 19.1 Å². The highest BCUT2D eigenvalue weighted by Crippen LogP contribution is 2.43. The number of quaternary nitrogens is 1. The third kappa shape index (κ3) is 70.3. The van der Waals surface area contributed by atoms with E-state index in [9.17, 15) is 19.4 Å². The molecule has 0 aliphatic carbocycles. The van der Waals surface area contributed by atoms with Crippen molar-refractivity contribution in [3.8, 4) is 0 Å². The number of aliphatic hydroxyl groups excluding tert-OH is 1. The molecule has 506 valence electrons. The highest BCUT2D eigenvalue weighted by atomic mass is 31.2. The summed E-state index contributed by atoms with van der Waals surface area (Å²) in [5.41, 5.74) is 0. The van der Waals surface area contributed by atoms with Crippen LogP contribution < -0.4 is 5.32 Å². The van der Waals surface area contributed by atoms with Crippen molar-refractivity contribution in [1.29, 1.82) is 0 Å². The molecule has 0 aliphatic rings. The topological polar surface area (TPSA) is 105 Å². The van der Waals surface area contributed by atoms with Crippen LogP contribution >= 0.6 is 7.82 Å². The molecular formula is C76H152N2O6P+. The van der Waals surface area contributed by atoms with Gasteiger partial charge in [-0.1, -0.05) is 391 Å². The van der Waals surface area contributed by atoms with Crippen LogP contribution in [0.15, 0.2) is 24.3 Å². The molecule has 0 radical (unpaired) electrons. The van der Waals surface area contributed by atoms with Gasteiger partial charge in [-0.2, -0.15) is 0 Å². The van der Waals surface area contributed by atoms with E-state index < -0.39 is 20.0 Å². The summed E-state index contributed by atoms with van der Waals surface area (Å²) in [6.45, 7) is 4.87. The molecule has 8 nitrogen and oxygen atoms in total. The van der Waals surface area contributed by atoms with Gasteiger partial charge in [-0.05, 0) is 32.1 Å². The summed E-state index contributed by atoms with van der Waals surface area (Å²) >= 11 is 0. The molecule has 0 fully saturated rings. The third-order valence-corrected chi connectivity index (χ3v) is 18.9. The van der Waals surface area contributed by atoms with Crippen LogP contribution in [-0.4, -0.2) is 73.4 Å². The van der Waals surface area contributed by atoms with Crippen LogP contribution in [0.3, 0.4) is 0 Å². The zero-order valence-corrected chi connectivity index (χ0v) is 59.0. The number of allylic oxidation sites excluding steroid dienone is 3. The molecule has 0 saturated heterocycles. The van der Waals surface area contributed by atoms with Gasteiger partial charge in [-0.25, -0.2) is 4.57 Å². The van der Waals surface area contributed by atoms with E-state index in [1.165, 1.54) is 347 Å². The lowest BCUT2D eigenvalue weighted by molar-refractivity contribution is -0.870. The Kier molecular flexibility index (Phi) is 66.6. The number of aliphatic hydroxyl groups is 1. The van der Waals surface area contributed by atoms with Crippen molar-refractivity contribution in [3.63, 3.8) is 0 Å². The fourth-order valence-electron chi connectivity index (χ4n) is 12.0. The maximum Gasteiger partial charge on any atom is 0.472 e. The molecule has 85 heavy (non-hydrogen) atoms. The van der Waals surface area contributed by atoms with E-state index in [0.29, 0.717) is 17.4 Å². The SMILES string of the molecule is CCCCCCCCCCCCCCCCCCCC/C=C/CC/C=C/C(O)C(COP(=O)(O)OCC[N+](C)(C)C)NC(=O)CCCCCCCCCCCCCCCCCCCCCCCCCCCCCCCCCCCCCCCCC. The van der Waals surface area contributed by atoms with Crippen molar-refractivity contribution in [2.75, 3.05) is 40.9 Å². The number of nitrogens with zero attached hydrogens (tertiary/aromatic N) is 1. The monoisotopic (exact) mass is 1220 g/mol. The zero-order chi connectivity index (χ0) is 61.9. The second kappa shape index (κ2) is 67.4. The average Bonchev–Trinajstić information content (AvgIpc) is 3.49. The van der Waals surface area contributed by atoms with Gasteiger partial charge in [0.25, 0.3) is 0 Å². The Labute approximate surface area is 532 Å². The minimum absolute atomic E-state index is 0.0591. The quantitative estimate of drug-likeness (QED) is 0.0243. The zero-order valence-electron chi connectivity index (χ0n) is 58.1. The van der Waals surface area contributed by atoms with Gasteiger partial charge >= 0.3 is 7.82 Å². The molecule has 0 rings (SSSR count). The van der Waals surface area contributed by atoms with Crippen LogP contribution in [0.2, 0.25) is 0 Å². The number of phosphoric acid groups is 1. The summed E-state index contributed by atoms with van der Waals surface area (Å²) in [5.74, 6) is -0.177. The number of phosphoric ester groups is 1. The smallest absolute Gasteiger partial charge is 0.387 e. The number of unbranched alkanes of at least 4 members (excludes halogenated alkanes) is 57. The van der Waals surface area contributed by atoms with E-state index in [2.05, 4.69) is 31.3 Å². The summed E-state index contributed by atoms with van der Waals surface area (Å²) in [6.07, 6.45) is 89.5. The van der Waals surface area contributed by atoms with E-state index in [1.54, 1.807) is 6.08 Å². The Bertz CT molecular complexity index is 1430. The molecule has 0 saturated carbocycles. The average molecular weight is 1220 g/mol. The first-order valence-corrected chi connectivity index (χ1v) is 39.7. The van der Waals surface area contributed by atoms with Crippen molar-refractivity contribution in [3.05, 3.63) is 24.3 Å². The molecule has 3 unspecified atom stereocenters. The van der Waals surface area contributed by atoms with Crippen LogP contribution in [0.25, 0.3) is 0 Å². The van der Waals surface area contributed by atoms with E-state index >= 15 is 0 Å².